The molecule has 5 heteroatoms. The Labute approximate surface area is 182 Å². The number of hydrogen-bond acceptors (Lipinski definition) is 2. The lowest BCUT2D eigenvalue weighted by Crippen LogP contribution is -2.51. The molecule has 0 aliphatic carbocycles. The second kappa shape index (κ2) is 10.0. The second-order valence-electron chi connectivity index (χ2n) is 7.55. The van der Waals surface area contributed by atoms with Crippen LogP contribution in [0, 0.1) is 5.82 Å². The zero-order valence-electron chi connectivity index (χ0n) is 17.3. The first-order valence-electron chi connectivity index (χ1n) is 10.5. The van der Waals surface area contributed by atoms with Crippen molar-refractivity contribution in [2.24, 2.45) is 0 Å². The third kappa shape index (κ3) is 5.19. The van der Waals surface area contributed by atoms with Crippen molar-refractivity contribution in [3.63, 3.8) is 0 Å². The number of hydrogen-bond donors (Lipinski definition) is 1. The van der Waals surface area contributed by atoms with E-state index in [0.29, 0.717) is 18.7 Å². The third-order valence-electron chi connectivity index (χ3n) is 5.57. The molecular formula is C26H26FN3O. The van der Waals surface area contributed by atoms with Gasteiger partial charge in [-0.05, 0) is 23.3 Å². The molecule has 4 rings (SSSR count). The number of amides is 2. The van der Waals surface area contributed by atoms with Gasteiger partial charge in [-0.25, -0.2) is 9.18 Å². The maximum atomic E-state index is 13.7. The summed E-state index contributed by atoms with van der Waals surface area (Å²) in [5.41, 5.74) is 2.94. The summed E-state index contributed by atoms with van der Waals surface area (Å²) < 4.78 is 13.7. The van der Waals surface area contributed by atoms with Crippen molar-refractivity contribution in [3.8, 4) is 0 Å². The first kappa shape index (κ1) is 20.8. The molecule has 0 bridgehead atoms. The molecule has 2 amide bonds. The minimum atomic E-state index is -0.311. The van der Waals surface area contributed by atoms with Gasteiger partial charge in [0.05, 0.1) is 6.04 Å². The highest BCUT2D eigenvalue weighted by Crippen LogP contribution is 2.29. The number of benzene rings is 3. The molecule has 31 heavy (non-hydrogen) atoms. The zero-order valence-corrected chi connectivity index (χ0v) is 17.3. The first-order valence-corrected chi connectivity index (χ1v) is 10.5. The highest BCUT2D eigenvalue weighted by molar-refractivity contribution is 5.76. The van der Waals surface area contributed by atoms with Gasteiger partial charge >= 0.3 is 6.03 Å². The van der Waals surface area contributed by atoms with E-state index in [1.54, 1.807) is 29.2 Å². The second-order valence-corrected chi connectivity index (χ2v) is 7.55. The van der Waals surface area contributed by atoms with Gasteiger partial charge in [0, 0.05) is 37.9 Å². The lowest BCUT2D eigenvalue weighted by Gasteiger charge is -2.39. The van der Waals surface area contributed by atoms with Crippen LogP contribution in [0.1, 0.15) is 22.7 Å². The van der Waals surface area contributed by atoms with Crippen LogP contribution in [-0.4, -0.2) is 42.0 Å². The molecule has 3 aromatic carbocycles. The molecule has 3 aromatic rings. The van der Waals surface area contributed by atoms with Crippen LogP contribution in [-0.2, 0) is 0 Å². The maximum absolute atomic E-state index is 13.7. The van der Waals surface area contributed by atoms with Crippen LogP contribution in [0.2, 0.25) is 0 Å². The summed E-state index contributed by atoms with van der Waals surface area (Å²) in [6.07, 6.45) is 3.08. The molecule has 0 aromatic heterocycles. The van der Waals surface area contributed by atoms with Crippen molar-refractivity contribution < 1.29 is 9.18 Å². The van der Waals surface area contributed by atoms with Crippen LogP contribution in [0.5, 0.6) is 0 Å². The quantitative estimate of drug-likeness (QED) is 0.643. The molecule has 0 unspecified atom stereocenters. The minimum absolute atomic E-state index is 0.161. The SMILES string of the molecule is O=C(N/C=C/c1ccccc1F)N1CCN(C(c2ccccc2)c2ccccc2)CC1. The lowest BCUT2D eigenvalue weighted by molar-refractivity contribution is 0.122. The van der Waals surface area contributed by atoms with Crippen molar-refractivity contribution in [2.45, 2.75) is 6.04 Å². The van der Waals surface area contributed by atoms with Crippen molar-refractivity contribution in [3.05, 3.63) is 114 Å². The summed E-state index contributed by atoms with van der Waals surface area (Å²) in [7, 11) is 0. The fourth-order valence-electron chi connectivity index (χ4n) is 3.97. The molecule has 4 nitrogen and oxygen atoms in total. The van der Waals surface area contributed by atoms with Crippen LogP contribution < -0.4 is 5.32 Å². The minimum Gasteiger partial charge on any atom is -0.322 e. The van der Waals surface area contributed by atoms with Crippen molar-refractivity contribution in [1.82, 2.24) is 15.1 Å². The molecule has 1 fully saturated rings. The van der Waals surface area contributed by atoms with Gasteiger partial charge < -0.3 is 10.2 Å². The van der Waals surface area contributed by atoms with E-state index in [9.17, 15) is 9.18 Å². The Bertz CT molecular complexity index is 976. The van der Waals surface area contributed by atoms with Gasteiger partial charge in [0.2, 0.25) is 0 Å². The predicted octanol–water partition coefficient (Wildman–Crippen LogP) is 4.91. The van der Waals surface area contributed by atoms with E-state index >= 15 is 0 Å². The van der Waals surface area contributed by atoms with Gasteiger partial charge in [-0.2, -0.15) is 0 Å². The number of nitrogens with zero attached hydrogens (tertiary/aromatic N) is 2. The Hall–Kier alpha value is -3.44. The molecular weight excluding hydrogens is 389 g/mol. The molecule has 158 valence electrons. The largest absolute Gasteiger partial charge is 0.322 e. The first-order chi connectivity index (χ1) is 15.2. The normalized spacial score (nSPS) is 14.8. The lowest BCUT2D eigenvalue weighted by atomic mass is 9.96. The van der Waals surface area contributed by atoms with Crippen LogP contribution in [0.25, 0.3) is 6.08 Å². The number of carbonyl (C=O) groups is 1. The average molecular weight is 416 g/mol. The number of nitrogens with one attached hydrogen (secondary N) is 1. The van der Waals surface area contributed by atoms with E-state index in [4.69, 9.17) is 0 Å². The van der Waals surface area contributed by atoms with Gasteiger partial charge in [-0.15, -0.1) is 0 Å². The molecule has 1 heterocycles. The Morgan fingerprint density at radius 3 is 1.94 bits per heavy atom. The molecule has 0 saturated carbocycles. The van der Waals surface area contributed by atoms with E-state index in [0.717, 1.165) is 13.1 Å². The van der Waals surface area contributed by atoms with Crippen molar-refractivity contribution in [2.75, 3.05) is 26.2 Å². The third-order valence-corrected chi connectivity index (χ3v) is 5.57. The van der Waals surface area contributed by atoms with Gasteiger partial charge in [-0.1, -0.05) is 78.9 Å². The van der Waals surface area contributed by atoms with Gasteiger partial charge in [0.15, 0.2) is 0 Å². The summed E-state index contributed by atoms with van der Waals surface area (Å²) in [6, 6.07) is 27.4. The standard InChI is InChI=1S/C26H26FN3O/c27-24-14-8-7-9-21(24)15-16-28-26(31)30-19-17-29(18-20-30)25(22-10-3-1-4-11-22)23-12-5-2-6-13-23/h1-16,25H,17-20H2,(H,28,31)/b16-15+. The summed E-state index contributed by atoms with van der Waals surface area (Å²) in [5, 5.41) is 2.76. The molecule has 0 spiro atoms. The number of urea groups is 1. The van der Waals surface area contributed by atoms with Crippen LogP contribution in [0.4, 0.5) is 9.18 Å². The summed E-state index contributed by atoms with van der Waals surface area (Å²) in [6.45, 7) is 2.82. The summed E-state index contributed by atoms with van der Waals surface area (Å²) in [4.78, 5) is 16.8. The predicted molar refractivity (Wildman–Crippen MR) is 122 cm³/mol. The Balaban J connectivity index is 1.38. The summed E-state index contributed by atoms with van der Waals surface area (Å²) in [5.74, 6) is -0.311. The number of carbonyl (C=O) groups excluding carboxylic acids is 1. The van der Waals surface area contributed by atoms with Gasteiger partial charge in [-0.3, -0.25) is 4.90 Å². The van der Waals surface area contributed by atoms with E-state index in [1.807, 2.05) is 12.1 Å². The summed E-state index contributed by atoms with van der Waals surface area (Å²) >= 11 is 0. The van der Waals surface area contributed by atoms with Gasteiger partial charge in [0.25, 0.3) is 0 Å². The Kier molecular flexibility index (Phi) is 6.75. The Morgan fingerprint density at radius 1 is 0.806 bits per heavy atom. The van der Waals surface area contributed by atoms with Crippen LogP contribution >= 0.6 is 0 Å². The average Bonchev–Trinajstić information content (AvgIpc) is 2.82. The fraction of sp³-hybridized carbons (Fsp3) is 0.192. The molecule has 1 saturated heterocycles. The highest BCUT2D eigenvalue weighted by atomic mass is 19.1. The zero-order chi connectivity index (χ0) is 21.5. The monoisotopic (exact) mass is 415 g/mol. The number of rotatable bonds is 5. The molecule has 1 aliphatic heterocycles. The van der Waals surface area contributed by atoms with E-state index in [1.165, 1.54) is 23.4 Å². The van der Waals surface area contributed by atoms with Crippen molar-refractivity contribution >= 4 is 12.1 Å². The molecule has 1 aliphatic rings. The van der Waals surface area contributed by atoms with E-state index < -0.39 is 0 Å². The highest BCUT2D eigenvalue weighted by Gasteiger charge is 2.27. The van der Waals surface area contributed by atoms with Gasteiger partial charge in [0.1, 0.15) is 5.82 Å². The fourth-order valence-corrected chi connectivity index (χ4v) is 3.97. The maximum Gasteiger partial charge on any atom is 0.321 e. The number of piperazine rings is 1. The van der Waals surface area contributed by atoms with Crippen molar-refractivity contribution in [1.29, 1.82) is 0 Å². The molecule has 0 radical (unpaired) electrons. The van der Waals surface area contributed by atoms with Crippen LogP contribution in [0.3, 0.4) is 0 Å². The Morgan fingerprint density at radius 2 is 1.35 bits per heavy atom. The van der Waals surface area contributed by atoms with E-state index in [-0.39, 0.29) is 17.9 Å². The smallest absolute Gasteiger partial charge is 0.321 e. The molecule has 1 N–H and O–H groups in total. The molecule has 0 atom stereocenters. The van der Waals surface area contributed by atoms with Crippen LogP contribution in [0.15, 0.2) is 91.1 Å². The topological polar surface area (TPSA) is 35.6 Å². The number of halogens is 1. The van der Waals surface area contributed by atoms with E-state index in [2.05, 4.69) is 58.7 Å².